The summed E-state index contributed by atoms with van der Waals surface area (Å²) in [5.74, 6) is 0. The summed E-state index contributed by atoms with van der Waals surface area (Å²) in [5, 5.41) is 10.4. The largest absolute Gasteiger partial charge is 0.387 e. The van der Waals surface area contributed by atoms with Crippen LogP contribution in [0, 0.1) is 0 Å². The van der Waals surface area contributed by atoms with Gasteiger partial charge in [0.05, 0.1) is 6.10 Å². The quantitative estimate of drug-likeness (QED) is 0.894. The van der Waals surface area contributed by atoms with Crippen LogP contribution in [0.4, 0.5) is 0 Å². The Morgan fingerprint density at radius 3 is 2.55 bits per heavy atom. The number of aryl methyl sites for hydroxylation is 1. The minimum Gasteiger partial charge on any atom is -0.387 e. The van der Waals surface area contributed by atoms with Crippen molar-refractivity contribution in [3.63, 3.8) is 0 Å². The number of aliphatic hydroxyl groups is 1. The van der Waals surface area contributed by atoms with Gasteiger partial charge in [0.2, 0.25) is 0 Å². The van der Waals surface area contributed by atoms with Crippen molar-refractivity contribution in [2.24, 2.45) is 0 Å². The Bertz CT molecular complexity index is 404. The minimum atomic E-state index is -0.374. The van der Waals surface area contributed by atoms with Gasteiger partial charge in [-0.15, -0.1) is 0 Å². The van der Waals surface area contributed by atoms with E-state index in [1.807, 2.05) is 0 Å². The third-order valence-electron chi connectivity index (χ3n) is 4.38. The highest BCUT2D eigenvalue weighted by atomic mass is 16.3. The summed E-state index contributed by atoms with van der Waals surface area (Å²) in [7, 11) is 2.17. The van der Waals surface area contributed by atoms with Gasteiger partial charge >= 0.3 is 0 Å². The van der Waals surface area contributed by atoms with E-state index in [-0.39, 0.29) is 6.10 Å². The molecule has 112 valence electrons. The molecule has 0 radical (unpaired) electrons. The van der Waals surface area contributed by atoms with Crippen LogP contribution in [0.15, 0.2) is 24.3 Å². The molecule has 1 N–H and O–H groups in total. The molecule has 0 bridgehead atoms. The van der Waals surface area contributed by atoms with Crippen molar-refractivity contribution < 1.29 is 5.11 Å². The van der Waals surface area contributed by atoms with Crippen LogP contribution >= 0.6 is 0 Å². The third kappa shape index (κ3) is 4.05. The van der Waals surface area contributed by atoms with Crippen LogP contribution in [0.25, 0.3) is 0 Å². The molecule has 1 fully saturated rings. The number of hydrogen-bond donors (Lipinski definition) is 1. The molecule has 2 unspecified atom stereocenters. The highest BCUT2D eigenvalue weighted by molar-refractivity contribution is 5.24. The number of benzene rings is 1. The molecule has 1 heterocycles. The zero-order chi connectivity index (χ0) is 14.5. The first kappa shape index (κ1) is 15.5. The number of nitrogens with zero attached hydrogens (tertiary/aromatic N) is 2. The average molecular weight is 276 g/mol. The van der Waals surface area contributed by atoms with Crippen LogP contribution in [0.3, 0.4) is 0 Å². The summed E-state index contributed by atoms with van der Waals surface area (Å²) in [6, 6.07) is 9.02. The van der Waals surface area contributed by atoms with Crippen molar-refractivity contribution >= 4 is 0 Å². The van der Waals surface area contributed by atoms with E-state index in [2.05, 4.69) is 55.0 Å². The second-order valence-electron chi connectivity index (χ2n) is 6.10. The number of likely N-dealkylation sites (N-methyl/N-ethyl adjacent to an activating group) is 1. The summed E-state index contributed by atoms with van der Waals surface area (Å²) in [6.07, 6.45) is 1.91. The molecule has 1 aliphatic heterocycles. The van der Waals surface area contributed by atoms with Gasteiger partial charge in [-0.25, -0.2) is 0 Å². The molecule has 0 aromatic heterocycles. The Balaban J connectivity index is 1.89. The number of β-amino-alcohol motifs (C(OH)–C–C–N with tert-alkyl or cyclic N) is 1. The van der Waals surface area contributed by atoms with E-state index in [9.17, 15) is 5.11 Å². The van der Waals surface area contributed by atoms with Gasteiger partial charge in [0.15, 0.2) is 0 Å². The molecule has 0 saturated carbocycles. The van der Waals surface area contributed by atoms with Crippen LogP contribution in [0.5, 0.6) is 0 Å². The van der Waals surface area contributed by atoms with Crippen molar-refractivity contribution in [2.45, 2.75) is 38.8 Å². The molecule has 2 rings (SSSR count). The predicted octanol–water partition coefficient (Wildman–Crippen LogP) is 2.31. The summed E-state index contributed by atoms with van der Waals surface area (Å²) in [6.45, 7) is 8.36. The second kappa shape index (κ2) is 7.21. The van der Waals surface area contributed by atoms with Crippen LogP contribution in [-0.4, -0.2) is 54.2 Å². The highest BCUT2D eigenvalue weighted by Gasteiger charge is 2.22. The Morgan fingerprint density at radius 2 is 1.95 bits per heavy atom. The Hall–Kier alpha value is -0.900. The maximum Gasteiger partial charge on any atom is 0.0916 e. The topological polar surface area (TPSA) is 26.7 Å². The number of aliphatic hydroxyl groups excluding tert-OH is 1. The highest BCUT2D eigenvalue weighted by Crippen LogP contribution is 2.18. The Labute approximate surface area is 123 Å². The van der Waals surface area contributed by atoms with Gasteiger partial charge in [-0.2, -0.15) is 0 Å². The van der Waals surface area contributed by atoms with Gasteiger partial charge in [0.25, 0.3) is 0 Å². The van der Waals surface area contributed by atoms with Gasteiger partial charge in [-0.1, -0.05) is 37.6 Å². The van der Waals surface area contributed by atoms with Crippen LogP contribution in [0.1, 0.15) is 37.5 Å². The van der Waals surface area contributed by atoms with Gasteiger partial charge in [0.1, 0.15) is 0 Å². The Kier molecular flexibility index (Phi) is 5.58. The molecular weight excluding hydrogens is 248 g/mol. The minimum absolute atomic E-state index is 0.374. The molecular formula is C17H28N2O. The normalized spacial score (nSPS) is 22.9. The molecule has 1 aromatic carbocycles. The lowest BCUT2D eigenvalue weighted by atomic mass is 10.0. The van der Waals surface area contributed by atoms with Crippen LogP contribution in [0.2, 0.25) is 0 Å². The summed E-state index contributed by atoms with van der Waals surface area (Å²) >= 11 is 0. The number of rotatable bonds is 5. The van der Waals surface area contributed by atoms with Crippen molar-refractivity contribution in [3.8, 4) is 0 Å². The lowest BCUT2D eigenvalue weighted by Gasteiger charge is -2.38. The fourth-order valence-corrected chi connectivity index (χ4v) is 2.83. The zero-order valence-corrected chi connectivity index (χ0v) is 13.0. The van der Waals surface area contributed by atoms with E-state index in [0.29, 0.717) is 6.04 Å². The standard InChI is InChI=1S/C17H28N2O/c1-4-5-15-6-8-16(9-7-15)17(20)13-19-11-10-18(3)14(2)12-19/h6-9,14,17,20H,4-5,10-13H2,1-3H3. The van der Waals surface area contributed by atoms with E-state index in [4.69, 9.17) is 0 Å². The number of piperazine rings is 1. The molecule has 2 atom stereocenters. The van der Waals surface area contributed by atoms with E-state index in [1.54, 1.807) is 0 Å². The summed E-state index contributed by atoms with van der Waals surface area (Å²) in [4.78, 5) is 4.75. The number of hydrogen-bond acceptors (Lipinski definition) is 3. The Morgan fingerprint density at radius 1 is 1.25 bits per heavy atom. The van der Waals surface area contributed by atoms with Crippen molar-refractivity contribution in [1.82, 2.24) is 9.80 Å². The molecule has 20 heavy (non-hydrogen) atoms. The molecule has 1 aromatic rings. The van der Waals surface area contributed by atoms with Crippen molar-refractivity contribution in [1.29, 1.82) is 0 Å². The van der Waals surface area contributed by atoms with Gasteiger partial charge < -0.3 is 10.0 Å². The predicted molar refractivity (Wildman–Crippen MR) is 83.9 cm³/mol. The van der Waals surface area contributed by atoms with Gasteiger partial charge in [0, 0.05) is 32.2 Å². The third-order valence-corrected chi connectivity index (χ3v) is 4.38. The van der Waals surface area contributed by atoms with Gasteiger partial charge in [-0.05, 0) is 31.5 Å². The smallest absolute Gasteiger partial charge is 0.0916 e. The monoisotopic (exact) mass is 276 g/mol. The van der Waals surface area contributed by atoms with E-state index in [1.165, 1.54) is 12.0 Å². The lowest BCUT2D eigenvalue weighted by molar-refractivity contribution is 0.0568. The summed E-state index contributed by atoms with van der Waals surface area (Å²) in [5.41, 5.74) is 2.40. The fraction of sp³-hybridized carbons (Fsp3) is 0.647. The van der Waals surface area contributed by atoms with E-state index in [0.717, 1.165) is 38.2 Å². The van der Waals surface area contributed by atoms with Crippen molar-refractivity contribution in [3.05, 3.63) is 35.4 Å². The first-order chi connectivity index (χ1) is 9.60. The van der Waals surface area contributed by atoms with Crippen LogP contribution in [-0.2, 0) is 6.42 Å². The molecule has 3 heteroatoms. The van der Waals surface area contributed by atoms with Crippen LogP contribution < -0.4 is 0 Å². The fourth-order valence-electron chi connectivity index (χ4n) is 2.83. The first-order valence-electron chi connectivity index (χ1n) is 7.79. The maximum atomic E-state index is 10.4. The molecule has 0 aliphatic carbocycles. The first-order valence-corrected chi connectivity index (χ1v) is 7.79. The SMILES string of the molecule is CCCc1ccc(C(O)CN2CCN(C)C(C)C2)cc1. The molecule has 1 aliphatic rings. The molecule has 3 nitrogen and oxygen atoms in total. The van der Waals surface area contributed by atoms with Gasteiger partial charge in [-0.3, -0.25) is 4.90 Å². The van der Waals surface area contributed by atoms with E-state index >= 15 is 0 Å². The molecule has 0 amide bonds. The molecule has 0 spiro atoms. The average Bonchev–Trinajstić information content (AvgIpc) is 2.44. The maximum absolute atomic E-state index is 10.4. The summed E-state index contributed by atoms with van der Waals surface area (Å²) < 4.78 is 0. The van der Waals surface area contributed by atoms with Crippen molar-refractivity contribution in [2.75, 3.05) is 33.2 Å². The molecule has 1 saturated heterocycles. The zero-order valence-electron chi connectivity index (χ0n) is 13.0. The van der Waals surface area contributed by atoms with E-state index < -0.39 is 0 Å². The lowest BCUT2D eigenvalue weighted by Crippen LogP contribution is -2.50. The second-order valence-corrected chi connectivity index (χ2v) is 6.10.